The van der Waals surface area contributed by atoms with E-state index < -0.39 is 5.41 Å². The SMILES string of the molecule is CC(=O)C12CCC=C1OC(CSc1ccccc1)=C2c1cccs1. The highest BCUT2D eigenvalue weighted by Gasteiger charge is 2.53. The lowest BCUT2D eigenvalue weighted by Gasteiger charge is -2.24. The molecule has 1 aromatic carbocycles. The van der Waals surface area contributed by atoms with Crippen LogP contribution in [0.1, 0.15) is 24.6 Å². The van der Waals surface area contributed by atoms with E-state index in [9.17, 15) is 4.79 Å². The molecule has 0 amide bonds. The highest BCUT2D eigenvalue weighted by molar-refractivity contribution is 7.99. The maximum absolute atomic E-state index is 12.6. The second kappa shape index (κ2) is 6.26. The van der Waals surface area contributed by atoms with Crippen LogP contribution in [0.25, 0.3) is 5.57 Å². The molecular formula is C20H18O2S2. The lowest BCUT2D eigenvalue weighted by molar-refractivity contribution is -0.122. The van der Waals surface area contributed by atoms with Gasteiger partial charge < -0.3 is 4.74 Å². The largest absolute Gasteiger partial charge is 0.464 e. The van der Waals surface area contributed by atoms with Crippen molar-refractivity contribution in [1.29, 1.82) is 0 Å². The molecule has 0 bridgehead atoms. The Kier molecular flexibility index (Phi) is 4.10. The van der Waals surface area contributed by atoms with Crippen molar-refractivity contribution in [2.24, 2.45) is 5.41 Å². The zero-order chi connectivity index (χ0) is 16.6. The molecule has 0 spiro atoms. The molecule has 1 unspecified atom stereocenters. The summed E-state index contributed by atoms with van der Waals surface area (Å²) >= 11 is 3.43. The number of benzene rings is 1. The van der Waals surface area contributed by atoms with Crippen molar-refractivity contribution in [2.45, 2.75) is 24.7 Å². The van der Waals surface area contributed by atoms with E-state index in [1.165, 1.54) is 4.90 Å². The molecule has 1 aliphatic carbocycles. The first-order valence-electron chi connectivity index (χ1n) is 8.07. The van der Waals surface area contributed by atoms with E-state index in [1.807, 2.05) is 24.3 Å². The fraction of sp³-hybridized carbons (Fsp3) is 0.250. The van der Waals surface area contributed by atoms with E-state index in [-0.39, 0.29) is 5.78 Å². The number of hydrogen-bond acceptors (Lipinski definition) is 4. The molecule has 2 aromatic rings. The van der Waals surface area contributed by atoms with Gasteiger partial charge in [0, 0.05) is 15.3 Å². The minimum absolute atomic E-state index is 0.189. The summed E-state index contributed by atoms with van der Waals surface area (Å²) in [6, 6.07) is 14.5. The molecule has 1 aliphatic heterocycles. The molecule has 2 nitrogen and oxygen atoms in total. The summed E-state index contributed by atoms with van der Waals surface area (Å²) in [7, 11) is 0. The molecule has 0 radical (unpaired) electrons. The molecule has 0 N–H and O–H groups in total. The fourth-order valence-corrected chi connectivity index (χ4v) is 5.29. The third-order valence-electron chi connectivity index (χ3n) is 4.69. The Hall–Kier alpha value is -1.78. The smallest absolute Gasteiger partial charge is 0.148 e. The van der Waals surface area contributed by atoms with Crippen LogP contribution in [0, 0.1) is 5.41 Å². The molecule has 4 rings (SSSR count). The van der Waals surface area contributed by atoms with Crippen LogP contribution in [0.4, 0.5) is 0 Å². The first kappa shape index (κ1) is 15.7. The number of fused-ring (bicyclic) bond motifs is 1. The second-order valence-corrected chi connectivity index (χ2v) is 8.04. The van der Waals surface area contributed by atoms with Gasteiger partial charge in [0.1, 0.15) is 22.7 Å². The van der Waals surface area contributed by atoms with Gasteiger partial charge in [0.15, 0.2) is 0 Å². The number of ketones is 1. The number of carbonyl (C=O) groups excluding carboxylic acids is 1. The molecule has 2 aliphatic rings. The Labute approximate surface area is 150 Å². The van der Waals surface area contributed by atoms with Gasteiger partial charge in [0.25, 0.3) is 0 Å². The standard InChI is InChI=1S/C20H18O2S2/c1-14(21)20-11-5-10-18(20)22-16(19(20)17-9-6-12-23-17)13-24-15-7-3-2-4-8-15/h2-4,6-10,12H,5,11,13H2,1H3. The second-order valence-electron chi connectivity index (χ2n) is 6.05. The molecule has 0 saturated heterocycles. The van der Waals surface area contributed by atoms with Gasteiger partial charge in [-0.1, -0.05) is 24.3 Å². The van der Waals surface area contributed by atoms with Gasteiger partial charge in [-0.2, -0.15) is 0 Å². The number of allylic oxidation sites excluding steroid dienone is 2. The maximum Gasteiger partial charge on any atom is 0.148 e. The van der Waals surface area contributed by atoms with Gasteiger partial charge in [0.2, 0.25) is 0 Å². The maximum atomic E-state index is 12.6. The molecule has 1 aromatic heterocycles. The summed E-state index contributed by atoms with van der Waals surface area (Å²) < 4.78 is 6.21. The Bertz CT molecular complexity index is 819. The minimum atomic E-state index is -0.558. The summed E-state index contributed by atoms with van der Waals surface area (Å²) in [6.45, 7) is 1.70. The highest BCUT2D eigenvalue weighted by Crippen LogP contribution is 2.58. The monoisotopic (exact) mass is 354 g/mol. The van der Waals surface area contributed by atoms with E-state index in [1.54, 1.807) is 30.0 Å². The first-order chi connectivity index (χ1) is 11.7. The average molecular weight is 354 g/mol. The summed E-state index contributed by atoms with van der Waals surface area (Å²) in [5.74, 6) is 2.72. The topological polar surface area (TPSA) is 26.3 Å². The molecule has 24 heavy (non-hydrogen) atoms. The number of rotatable bonds is 5. The van der Waals surface area contributed by atoms with Gasteiger partial charge in [-0.3, -0.25) is 4.79 Å². The summed E-state index contributed by atoms with van der Waals surface area (Å²) in [6.07, 6.45) is 3.82. The van der Waals surface area contributed by atoms with Crippen LogP contribution < -0.4 is 0 Å². The molecule has 122 valence electrons. The fourth-order valence-electron chi connectivity index (χ4n) is 3.58. The van der Waals surface area contributed by atoms with E-state index in [2.05, 4.69) is 29.7 Å². The lowest BCUT2D eigenvalue weighted by atomic mass is 9.75. The average Bonchev–Trinajstić information content (AvgIpc) is 3.29. The third kappa shape index (κ3) is 2.45. The van der Waals surface area contributed by atoms with Crippen LogP contribution in [0.5, 0.6) is 0 Å². The minimum Gasteiger partial charge on any atom is -0.464 e. The van der Waals surface area contributed by atoms with Crippen LogP contribution in [0.15, 0.2) is 70.3 Å². The molecule has 2 heterocycles. The van der Waals surface area contributed by atoms with Gasteiger partial charge >= 0.3 is 0 Å². The van der Waals surface area contributed by atoms with Crippen molar-refractivity contribution in [2.75, 3.05) is 5.75 Å². The lowest BCUT2D eigenvalue weighted by Crippen LogP contribution is -2.27. The van der Waals surface area contributed by atoms with E-state index in [0.29, 0.717) is 0 Å². The normalized spacial score (nSPS) is 22.3. The number of hydrogen-bond donors (Lipinski definition) is 0. The van der Waals surface area contributed by atoms with E-state index in [0.717, 1.165) is 40.6 Å². The third-order valence-corrected chi connectivity index (χ3v) is 6.59. The number of thiophene rings is 1. The van der Waals surface area contributed by atoms with Crippen LogP contribution in [-0.4, -0.2) is 11.5 Å². The molecular weight excluding hydrogens is 336 g/mol. The number of thioether (sulfide) groups is 1. The van der Waals surface area contributed by atoms with Gasteiger partial charge in [-0.15, -0.1) is 23.1 Å². The van der Waals surface area contributed by atoms with Gasteiger partial charge in [-0.25, -0.2) is 0 Å². The van der Waals surface area contributed by atoms with Crippen molar-refractivity contribution in [3.63, 3.8) is 0 Å². The number of ether oxygens (including phenoxy) is 1. The van der Waals surface area contributed by atoms with Crippen molar-refractivity contribution in [3.8, 4) is 0 Å². The van der Waals surface area contributed by atoms with Gasteiger partial charge in [-0.05, 0) is 49.4 Å². The van der Waals surface area contributed by atoms with E-state index >= 15 is 0 Å². The quantitative estimate of drug-likeness (QED) is 0.660. The molecule has 4 heteroatoms. The summed E-state index contributed by atoms with van der Waals surface area (Å²) in [4.78, 5) is 15.0. The van der Waals surface area contributed by atoms with Crippen LogP contribution in [0.2, 0.25) is 0 Å². The number of carbonyl (C=O) groups is 1. The van der Waals surface area contributed by atoms with Crippen molar-refractivity contribution >= 4 is 34.5 Å². The summed E-state index contributed by atoms with van der Waals surface area (Å²) in [5, 5.41) is 2.06. The summed E-state index contributed by atoms with van der Waals surface area (Å²) in [5.41, 5.74) is 0.537. The van der Waals surface area contributed by atoms with Gasteiger partial charge in [0.05, 0.1) is 5.75 Å². The molecule has 0 saturated carbocycles. The Morgan fingerprint density at radius 1 is 1.25 bits per heavy atom. The number of Topliss-reactive ketones (excluding diaryl/α,β-unsaturated/α-hetero) is 1. The van der Waals surface area contributed by atoms with Crippen LogP contribution in [-0.2, 0) is 9.53 Å². The Morgan fingerprint density at radius 3 is 2.79 bits per heavy atom. The Morgan fingerprint density at radius 2 is 2.08 bits per heavy atom. The first-order valence-corrected chi connectivity index (χ1v) is 9.93. The predicted molar refractivity (Wildman–Crippen MR) is 99.9 cm³/mol. The molecule has 1 atom stereocenters. The van der Waals surface area contributed by atoms with Crippen molar-refractivity contribution in [1.82, 2.24) is 0 Å². The van der Waals surface area contributed by atoms with Crippen molar-refractivity contribution in [3.05, 3.63) is 70.3 Å². The van der Waals surface area contributed by atoms with Crippen LogP contribution >= 0.6 is 23.1 Å². The highest BCUT2D eigenvalue weighted by atomic mass is 32.2. The zero-order valence-electron chi connectivity index (χ0n) is 13.5. The van der Waals surface area contributed by atoms with Crippen LogP contribution in [0.3, 0.4) is 0 Å². The van der Waals surface area contributed by atoms with Crippen molar-refractivity contribution < 1.29 is 9.53 Å². The molecule has 0 fully saturated rings. The predicted octanol–water partition coefficient (Wildman–Crippen LogP) is 5.53. The zero-order valence-corrected chi connectivity index (χ0v) is 15.1. The Balaban J connectivity index is 1.74. The van der Waals surface area contributed by atoms with E-state index in [4.69, 9.17) is 4.74 Å².